The Kier molecular flexibility index (Phi) is 7.22. The van der Waals surface area contributed by atoms with Crippen LogP contribution >= 0.6 is 11.3 Å². The highest BCUT2D eigenvalue weighted by atomic mass is 32.2. The molecule has 0 amide bonds. The van der Waals surface area contributed by atoms with Crippen molar-refractivity contribution in [1.29, 1.82) is 0 Å². The number of nitrogens with zero attached hydrogens (tertiary/aromatic N) is 5. The first-order valence-electron chi connectivity index (χ1n) is 13.4. The maximum atomic E-state index is 13.6. The highest BCUT2D eigenvalue weighted by Crippen LogP contribution is 2.40. The van der Waals surface area contributed by atoms with Crippen LogP contribution in [0.25, 0.3) is 21.6 Å². The molecule has 1 aliphatic carbocycles. The molecule has 3 aromatic heterocycles. The molecule has 0 bridgehead atoms. The van der Waals surface area contributed by atoms with Gasteiger partial charge in [-0.3, -0.25) is 4.90 Å². The van der Waals surface area contributed by atoms with Gasteiger partial charge in [-0.05, 0) is 62.4 Å². The third-order valence-electron chi connectivity index (χ3n) is 8.18. The third kappa shape index (κ3) is 5.17. The van der Waals surface area contributed by atoms with Gasteiger partial charge in [0.25, 0.3) is 10.0 Å². The number of thiazole rings is 1. The van der Waals surface area contributed by atoms with Gasteiger partial charge in [-0.1, -0.05) is 18.2 Å². The van der Waals surface area contributed by atoms with Gasteiger partial charge in [-0.15, -0.1) is 11.3 Å². The van der Waals surface area contributed by atoms with Crippen LogP contribution in [0.4, 0.5) is 13.2 Å². The van der Waals surface area contributed by atoms with Crippen molar-refractivity contribution in [3.05, 3.63) is 65.4 Å². The van der Waals surface area contributed by atoms with Gasteiger partial charge in [0.1, 0.15) is 5.01 Å². The highest BCUT2D eigenvalue weighted by molar-refractivity contribution is 7.90. The van der Waals surface area contributed by atoms with Crippen LogP contribution in [0.5, 0.6) is 0 Å². The summed E-state index contributed by atoms with van der Waals surface area (Å²) in [7, 11) is -1.88. The van der Waals surface area contributed by atoms with Gasteiger partial charge in [-0.25, -0.2) is 22.4 Å². The Morgan fingerprint density at radius 3 is 2.35 bits per heavy atom. The molecule has 0 spiro atoms. The van der Waals surface area contributed by atoms with Crippen molar-refractivity contribution in [2.45, 2.75) is 48.7 Å². The Bertz CT molecular complexity index is 1600. The van der Waals surface area contributed by atoms with E-state index in [4.69, 9.17) is 0 Å². The first-order valence-corrected chi connectivity index (χ1v) is 15.7. The SMILES string of the molecule is CN1CCN(C2CCC(c3cnc4c(c3)c(-c3nc(C(F)(F)F)cs3)cn4S(=O)(=O)c3ccccc3)CC2)CC1. The molecule has 2 fully saturated rings. The summed E-state index contributed by atoms with van der Waals surface area (Å²) in [5, 5.41) is 1.56. The third-order valence-corrected chi connectivity index (χ3v) is 10.7. The summed E-state index contributed by atoms with van der Waals surface area (Å²) >= 11 is 0.846. The van der Waals surface area contributed by atoms with E-state index in [-0.39, 0.29) is 21.5 Å². The fourth-order valence-corrected chi connectivity index (χ4v) is 8.06. The zero-order valence-electron chi connectivity index (χ0n) is 22.0. The second-order valence-corrected chi connectivity index (χ2v) is 13.3. The van der Waals surface area contributed by atoms with E-state index < -0.39 is 21.9 Å². The Hall–Kier alpha value is -2.80. The minimum absolute atomic E-state index is 0.0710. The molecule has 4 aromatic rings. The summed E-state index contributed by atoms with van der Waals surface area (Å²) in [4.78, 5) is 13.4. The second kappa shape index (κ2) is 10.6. The molecule has 1 aromatic carbocycles. The first-order chi connectivity index (χ1) is 19.1. The van der Waals surface area contributed by atoms with Crippen LogP contribution in [-0.4, -0.2) is 71.4 Å². The van der Waals surface area contributed by atoms with Crippen molar-refractivity contribution in [2.24, 2.45) is 0 Å². The van der Waals surface area contributed by atoms with E-state index in [0.717, 1.165) is 78.1 Å². The topological polar surface area (TPSA) is 71.3 Å². The van der Waals surface area contributed by atoms with Gasteiger partial charge in [0.05, 0.1) is 4.90 Å². The molecule has 0 radical (unpaired) electrons. The number of halogens is 3. The van der Waals surface area contributed by atoms with E-state index >= 15 is 0 Å². The lowest BCUT2D eigenvalue weighted by Crippen LogP contribution is -2.49. The molecule has 0 atom stereocenters. The molecule has 1 saturated heterocycles. The molecular formula is C28H30F3N5O2S2. The highest BCUT2D eigenvalue weighted by Gasteiger charge is 2.35. The maximum Gasteiger partial charge on any atom is 0.434 e. The quantitative estimate of drug-likeness (QED) is 0.298. The minimum Gasteiger partial charge on any atom is -0.304 e. The molecular weight excluding hydrogens is 559 g/mol. The number of piperazine rings is 1. The van der Waals surface area contributed by atoms with Crippen molar-refractivity contribution < 1.29 is 21.6 Å². The van der Waals surface area contributed by atoms with Gasteiger partial charge in [0.2, 0.25) is 0 Å². The molecule has 1 saturated carbocycles. The van der Waals surface area contributed by atoms with Crippen LogP contribution in [0.15, 0.2) is 59.1 Å². The van der Waals surface area contributed by atoms with Crippen molar-refractivity contribution in [2.75, 3.05) is 33.2 Å². The van der Waals surface area contributed by atoms with E-state index in [9.17, 15) is 21.6 Å². The molecule has 40 heavy (non-hydrogen) atoms. The largest absolute Gasteiger partial charge is 0.434 e. The number of likely N-dealkylation sites (N-methyl/N-ethyl adjacent to an activating group) is 1. The molecule has 1 aliphatic heterocycles. The zero-order valence-corrected chi connectivity index (χ0v) is 23.6. The van der Waals surface area contributed by atoms with Crippen molar-refractivity contribution in [3.8, 4) is 10.6 Å². The van der Waals surface area contributed by atoms with Crippen LogP contribution in [0.1, 0.15) is 42.9 Å². The van der Waals surface area contributed by atoms with Crippen LogP contribution in [0.2, 0.25) is 0 Å². The predicted molar refractivity (Wildman–Crippen MR) is 149 cm³/mol. The minimum atomic E-state index is -4.59. The summed E-state index contributed by atoms with van der Waals surface area (Å²) in [6, 6.07) is 10.4. The van der Waals surface area contributed by atoms with E-state index in [0.29, 0.717) is 17.0 Å². The van der Waals surface area contributed by atoms with E-state index in [2.05, 4.69) is 26.8 Å². The number of benzene rings is 1. The first kappa shape index (κ1) is 27.4. The summed E-state index contributed by atoms with van der Waals surface area (Å²) in [6.45, 7) is 4.33. The van der Waals surface area contributed by atoms with Gasteiger partial charge in [0.15, 0.2) is 11.3 Å². The number of pyridine rings is 1. The van der Waals surface area contributed by atoms with Gasteiger partial charge in [-0.2, -0.15) is 13.2 Å². The molecule has 12 heteroatoms. The Morgan fingerprint density at radius 2 is 1.70 bits per heavy atom. The molecule has 7 nitrogen and oxygen atoms in total. The predicted octanol–water partition coefficient (Wildman–Crippen LogP) is 5.69. The van der Waals surface area contributed by atoms with Gasteiger partial charge < -0.3 is 4.90 Å². The van der Waals surface area contributed by atoms with Gasteiger partial charge >= 0.3 is 6.18 Å². The number of hydrogen-bond acceptors (Lipinski definition) is 7. The molecule has 4 heterocycles. The normalized spacial score (nSPS) is 21.7. The smallest absolute Gasteiger partial charge is 0.304 e. The molecule has 0 unspecified atom stereocenters. The second-order valence-electron chi connectivity index (χ2n) is 10.7. The van der Waals surface area contributed by atoms with Crippen LogP contribution in [-0.2, 0) is 16.2 Å². The number of rotatable bonds is 5. The standard InChI is InChI=1S/C28H30F3N5O2S2/c1-34-11-13-35(14-12-34)21-9-7-19(8-10-21)20-15-23-24(27-33-25(18-39-27)28(29,30)31)17-36(26(23)32-16-20)40(37,38)22-5-3-2-4-6-22/h2-6,15-19,21H,7-14H2,1H3. The van der Waals surface area contributed by atoms with E-state index in [1.165, 1.54) is 18.3 Å². The average Bonchev–Trinajstić information content (AvgIpc) is 3.60. The van der Waals surface area contributed by atoms with Crippen LogP contribution in [0, 0.1) is 0 Å². The lowest BCUT2D eigenvalue weighted by Gasteiger charge is -2.41. The Labute approximate surface area is 235 Å². The molecule has 6 rings (SSSR count). The van der Waals surface area contributed by atoms with Gasteiger partial charge in [0, 0.05) is 60.9 Å². The average molecular weight is 590 g/mol. The monoisotopic (exact) mass is 589 g/mol. The van der Waals surface area contributed by atoms with Crippen molar-refractivity contribution in [3.63, 3.8) is 0 Å². The number of fused-ring (bicyclic) bond motifs is 1. The molecule has 2 aliphatic rings. The fraction of sp³-hybridized carbons (Fsp3) is 0.429. The van der Waals surface area contributed by atoms with E-state index in [1.54, 1.807) is 24.4 Å². The van der Waals surface area contributed by atoms with Crippen LogP contribution in [0.3, 0.4) is 0 Å². The summed E-state index contributed by atoms with van der Waals surface area (Å²) in [5.41, 5.74) is 0.492. The lowest BCUT2D eigenvalue weighted by molar-refractivity contribution is -0.140. The zero-order chi connectivity index (χ0) is 28.1. The fourth-order valence-electron chi connectivity index (χ4n) is 5.87. The molecule has 212 valence electrons. The number of aromatic nitrogens is 3. The van der Waals surface area contributed by atoms with Crippen molar-refractivity contribution >= 4 is 32.4 Å². The molecule has 0 N–H and O–H groups in total. The number of hydrogen-bond donors (Lipinski definition) is 0. The van der Waals surface area contributed by atoms with E-state index in [1.807, 2.05) is 6.07 Å². The summed E-state index contributed by atoms with van der Waals surface area (Å²) in [5.74, 6) is 0.254. The lowest BCUT2D eigenvalue weighted by atomic mass is 9.81. The summed E-state index contributed by atoms with van der Waals surface area (Å²) < 4.78 is 68.3. The van der Waals surface area contributed by atoms with Crippen molar-refractivity contribution in [1.82, 2.24) is 23.7 Å². The maximum absolute atomic E-state index is 13.6. The summed E-state index contributed by atoms with van der Waals surface area (Å²) in [6.07, 6.45) is 2.61. The number of alkyl halides is 3. The Morgan fingerprint density at radius 1 is 1.00 bits per heavy atom. The Balaban J connectivity index is 1.36. The van der Waals surface area contributed by atoms with Crippen LogP contribution < -0.4 is 0 Å².